The van der Waals surface area contributed by atoms with E-state index in [9.17, 15) is 17.6 Å². The summed E-state index contributed by atoms with van der Waals surface area (Å²) >= 11 is 11.4. The number of sulfonamides is 1. The lowest BCUT2D eigenvalue weighted by Crippen LogP contribution is -2.36. The van der Waals surface area contributed by atoms with Gasteiger partial charge in [0.05, 0.1) is 9.92 Å². The molecule has 0 aromatic heterocycles. The summed E-state index contributed by atoms with van der Waals surface area (Å²) in [5.74, 6) is -0.809. The van der Waals surface area contributed by atoms with Gasteiger partial charge in [-0.05, 0) is 30.3 Å². The average molecular weight is 421 g/mol. The van der Waals surface area contributed by atoms with Crippen LogP contribution in [0.5, 0.6) is 5.75 Å². The molecule has 0 atom stereocenters. The van der Waals surface area contributed by atoms with Gasteiger partial charge >= 0.3 is 0 Å². The maximum Gasteiger partial charge on any atom is 0.257 e. The van der Waals surface area contributed by atoms with Crippen LogP contribution in [0.2, 0.25) is 10.0 Å². The summed E-state index contributed by atoms with van der Waals surface area (Å²) in [5.41, 5.74) is 0. The second-order valence-electron chi connectivity index (χ2n) is 5.07. The van der Waals surface area contributed by atoms with E-state index in [2.05, 4.69) is 10.0 Å². The van der Waals surface area contributed by atoms with E-state index in [0.717, 1.165) is 6.07 Å². The minimum Gasteiger partial charge on any atom is -0.484 e. The summed E-state index contributed by atoms with van der Waals surface area (Å²) in [6, 6.07) is 9.54. The Kier molecular flexibility index (Phi) is 7.22. The number of amides is 1. The highest BCUT2D eigenvalue weighted by molar-refractivity contribution is 7.89. The van der Waals surface area contributed by atoms with Crippen molar-refractivity contribution in [3.8, 4) is 5.75 Å². The molecule has 2 N–H and O–H groups in total. The summed E-state index contributed by atoms with van der Waals surface area (Å²) in [6.07, 6.45) is 0. The van der Waals surface area contributed by atoms with Crippen molar-refractivity contribution in [3.05, 3.63) is 58.3 Å². The van der Waals surface area contributed by atoms with Crippen LogP contribution in [-0.2, 0) is 14.8 Å². The molecule has 2 aromatic carbocycles. The lowest BCUT2D eigenvalue weighted by atomic mass is 10.3. The van der Waals surface area contributed by atoms with E-state index < -0.39 is 21.7 Å². The van der Waals surface area contributed by atoms with Crippen LogP contribution in [0, 0.1) is 5.82 Å². The van der Waals surface area contributed by atoms with Crippen LogP contribution in [0.4, 0.5) is 4.39 Å². The number of rotatable bonds is 8. The minimum absolute atomic E-state index is 0.0109. The van der Waals surface area contributed by atoms with Crippen LogP contribution in [0.3, 0.4) is 0 Å². The van der Waals surface area contributed by atoms with Crippen molar-refractivity contribution < 1.29 is 22.3 Å². The first kappa shape index (κ1) is 20.4. The van der Waals surface area contributed by atoms with Gasteiger partial charge in [-0.2, -0.15) is 0 Å². The van der Waals surface area contributed by atoms with Gasteiger partial charge in [-0.1, -0.05) is 29.3 Å². The molecular formula is C16H15Cl2FN2O4S. The molecule has 0 saturated carbocycles. The van der Waals surface area contributed by atoms with Gasteiger partial charge < -0.3 is 10.1 Å². The predicted octanol–water partition coefficient (Wildman–Crippen LogP) is 2.61. The molecule has 6 nitrogen and oxygen atoms in total. The van der Waals surface area contributed by atoms with Crippen LogP contribution in [0.1, 0.15) is 0 Å². The first-order chi connectivity index (χ1) is 12.3. The van der Waals surface area contributed by atoms with Crippen molar-refractivity contribution in [3.63, 3.8) is 0 Å². The van der Waals surface area contributed by atoms with Crippen molar-refractivity contribution in [2.24, 2.45) is 0 Å². The first-order valence-electron chi connectivity index (χ1n) is 7.38. The molecule has 0 aliphatic carbocycles. The van der Waals surface area contributed by atoms with E-state index >= 15 is 0 Å². The first-order valence-corrected chi connectivity index (χ1v) is 9.61. The molecule has 0 radical (unpaired) electrons. The number of halogens is 3. The normalized spacial score (nSPS) is 11.2. The molecule has 0 aliphatic heterocycles. The van der Waals surface area contributed by atoms with Gasteiger partial charge in [0.15, 0.2) is 6.61 Å². The zero-order valence-electron chi connectivity index (χ0n) is 13.3. The van der Waals surface area contributed by atoms with Gasteiger partial charge in [0.25, 0.3) is 5.91 Å². The third-order valence-corrected chi connectivity index (χ3v) is 5.09. The van der Waals surface area contributed by atoms with Gasteiger partial charge in [0.1, 0.15) is 11.6 Å². The van der Waals surface area contributed by atoms with Crippen LogP contribution in [0.25, 0.3) is 0 Å². The van der Waals surface area contributed by atoms with Crippen molar-refractivity contribution >= 4 is 39.1 Å². The molecule has 2 rings (SSSR count). The molecule has 0 bridgehead atoms. The fourth-order valence-corrected chi connectivity index (χ4v) is 3.37. The standard InChI is InChI=1S/C16H15Cl2FN2O4S/c17-11-2-1-3-13(8-11)26(23,24)21-7-6-20-16(22)10-25-12-4-5-15(19)14(18)9-12/h1-5,8-9,21H,6-7,10H2,(H,20,22). The molecule has 26 heavy (non-hydrogen) atoms. The van der Waals surface area contributed by atoms with Crippen LogP contribution in [0.15, 0.2) is 47.4 Å². The quantitative estimate of drug-likeness (QED) is 0.642. The lowest BCUT2D eigenvalue weighted by Gasteiger charge is -2.09. The average Bonchev–Trinajstić information content (AvgIpc) is 2.60. The van der Waals surface area contributed by atoms with Crippen LogP contribution in [-0.4, -0.2) is 34.0 Å². The number of nitrogens with one attached hydrogen (secondary N) is 2. The number of carbonyl (C=O) groups is 1. The molecule has 0 fully saturated rings. The number of benzene rings is 2. The molecule has 0 unspecified atom stereocenters. The molecule has 0 saturated heterocycles. The monoisotopic (exact) mass is 420 g/mol. The smallest absolute Gasteiger partial charge is 0.257 e. The Labute approximate surface area is 160 Å². The van der Waals surface area contributed by atoms with Crippen molar-refractivity contribution in [1.29, 1.82) is 0 Å². The van der Waals surface area contributed by atoms with Crippen molar-refractivity contribution in [1.82, 2.24) is 10.0 Å². The molecule has 0 aliphatic rings. The number of carbonyl (C=O) groups excluding carboxylic acids is 1. The van der Waals surface area contributed by atoms with Crippen LogP contribution >= 0.6 is 23.2 Å². The Balaban J connectivity index is 1.73. The van der Waals surface area contributed by atoms with Gasteiger partial charge in [0, 0.05) is 24.2 Å². The fraction of sp³-hybridized carbons (Fsp3) is 0.188. The van der Waals surface area contributed by atoms with E-state index in [1.54, 1.807) is 6.07 Å². The SMILES string of the molecule is O=C(COc1ccc(F)c(Cl)c1)NCCNS(=O)(=O)c1cccc(Cl)c1. The zero-order valence-corrected chi connectivity index (χ0v) is 15.7. The number of ether oxygens (including phenoxy) is 1. The summed E-state index contributed by atoms with van der Waals surface area (Å²) in [5, 5.41) is 2.68. The van der Waals surface area contributed by atoms with Crippen molar-refractivity contribution in [2.45, 2.75) is 4.90 Å². The van der Waals surface area contributed by atoms with Crippen molar-refractivity contribution in [2.75, 3.05) is 19.7 Å². The predicted molar refractivity (Wildman–Crippen MR) is 96.6 cm³/mol. The van der Waals surface area contributed by atoms with E-state index in [1.807, 2.05) is 0 Å². The third-order valence-electron chi connectivity index (χ3n) is 3.11. The molecule has 140 valence electrons. The number of hydrogen-bond acceptors (Lipinski definition) is 4. The third kappa shape index (κ3) is 6.14. The Hall–Kier alpha value is -1.87. The summed E-state index contributed by atoms with van der Waals surface area (Å²) in [7, 11) is -3.71. The second-order valence-corrected chi connectivity index (χ2v) is 7.68. The highest BCUT2D eigenvalue weighted by atomic mass is 35.5. The Morgan fingerprint density at radius 1 is 1.12 bits per heavy atom. The van der Waals surface area contributed by atoms with Gasteiger partial charge in [0.2, 0.25) is 10.0 Å². The molecule has 1 amide bonds. The Morgan fingerprint density at radius 3 is 2.58 bits per heavy atom. The maximum absolute atomic E-state index is 13.0. The second kappa shape index (κ2) is 9.18. The van der Waals surface area contributed by atoms with Crippen LogP contribution < -0.4 is 14.8 Å². The molecule has 10 heteroatoms. The Morgan fingerprint density at radius 2 is 1.88 bits per heavy atom. The zero-order chi connectivity index (χ0) is 19.2. The maximum atomic E-state index is 13.0. The highest BCUT2D eigenvalue weighted by Crippen LogP contribution is 2.20. The van der Waals surface area contributed by atoms with Gasteiger partial charge in [-0.3, -0.25) is 4.79 Å². The van der Waals surface area contributed by atoms with Gasteiger partial charge in [-0.15, -0.1) is 0 Å². The van der Waals surface area contributed by atoms with Gasteiger partial charge in [-0.25, -0.2) is 17.5 Å². The summed E-state index contributed by atoms with van der Waals surface area (Å²) in [4.78, 5) is 11.7. The van der Waals surface area contributed by atoms with E-state index in [0.29, 0.717) is 5.02 Å². The van der Waals surface area contributed by atoms with E-state index in [1.165, 1.54) is 30.3 Å². The highest BCUT2D eigenvalue weighted by Gasteiger charge is 2.13. The molecule has 0 spiro atoms. The number of hydrogen-bond donors (Lipinski definition) is 2. The topological polar surface area (TPSA) is 84.5 Å². The molecule has 0 heterocycles. The largest absolute Gasteiger partial charge is 0.484 e. The van der Waals surface area contributed by atoms with E-state index in [4.69, 9.17) is 27.9 Å². The summed E-state index contributed by atoms with van der Waals surface area (Å²) < 4.78 is 44.6. The Bertz CT molecular complexity index is 894. The molecule has 2 aromatic rings. The fourth-order valence-electron chi connectivity index (χ4n) is 1.87. The minimum atomic E-state index is -3.71. The molecular weight excluding hydrogens is 406 g/mol. The lowest BCUT2D eigenvalue weighted by molar-refractivity contribution is -0.123. The van der Waals surface area contributed by atoms with E-state index in [-0.39, 0.29) is 35.4 Å². The summed E-state index contributed by atoms with van der Waals surface area (Å²) in [6.45, 7) is -0.266.